The molecule has 1 saturated heterocycles. The minimum Gasteiger partial charge on any atom is -0.491 e. The Balaban J connectivity index is 1.25. The fourth-order valence-electron chi connectivity index (χ4n) is 5.85. The number of ether oxygens (including phenoxy) is 2. The molecule has 1 aliphatic rings. The number of hydrogen-bond acceptors (Lipinski definition) is 6. The Morgan fingerprint density at radius 2 is 1.69 bits per heavy atom. The van der Waals surface area contributed by atoms with E-state index in [1.54, 1.807) is 30.7 Å². The standard InChI is InChI=1S/C39H48N4O4S/c1-4-6-22-46-23-24-47-35-14-9-31(10-15-35)32-11-18-38(42-20-7-8-21-42)37(26-32)30(3)25-39(44)41-33-12-16-36(17-13-33)48(45)28-34-27-40-29-43(34)19-5-2/h9-18,25-27,29H,4-8,19-24,28H2,1-3H3,(H,41,44)/b30-25+. The molecule has 48 heavy (non-hydrogen) atoms. The summed E-state index contributed by atoms with van der Waals surface area (Å²) in [6, 6.07) is 21.9. The van der Waals surface area contributed by atoms with E-state index >= 15 is 0 Å². The van der Waals surface area contributed by atoms with Gasteiger partial charge in [0.05, 0.1) is 35.2 Å². The van der Waals surface area contributed by atoms with Gasteiger partial charge in [-0.2, -0.15) is 0 Å². The highest BCUT2D eigenvalue weighted by atomic mass is 32.2. The zero-order chi connectivity index (χ0) is 33.7. The molecule has 0 bridgehead atoms. The molecule has 9 heteroatoms. The quantitative estimate of drug-likeness (QED) is 0.0904. The van der Waals surface area contributed by atoms with Gasteiger partial charge in [0, 0.05) is 60.3 Å². The second-order valence-corrected chi connectivity index (χ2v) is 13.6. The Morgan fingerprint density at radius 1 is 0.938 bits per heavy atom. The lowest BCUT2D eigenvalue weighted by molar-refractivity contribution is -0.111. The SMILES string of the molecule is CCCCOCCOc1ccc(-c2ccc(N3CCCC3)c(/C(C)=C/C(=O)Nc3ccc(S(=O)Cc4cncn4CCC)cc3)c2)cc1. The zero-order valence-electron chi connectivity index (χ0n) is 28.5. The average molecular weight is 669 g/mol. The van der Waals surface area contributed by atoms with Crippen LogP contribution in [0.25, 0.3) is 16.7 Å². The Bertz CT molecular complexity index is 1680. The Labute approximate surface area is 287 Å². The molecule has 0 radical (unpaired) electrons. The monoisotopic (exact) mass is 668 g/mol. The van der Waals surface area contributed by atoms with E-state index in [0.717, 1.165) is 84.9 Å². The van der Waals surface area contributed by atoms with E-state index in [2.05, 4.69) is 59.4 Å². The number of nitrogens with zero attached hydrogens (tertiary/aromatic N) is 3. The highest BCUT2D eigenvalue weighted by molar-refractivity contribution is 7.84. The fourth-order valence-corrected chi connectivity index (χ4v) is 6.96. The number of anilines is 2. The third-order valence-electron chi connectivity index (χ3n) is 8.47. The molecule has 254 valence electrons. The van der Waals surface area contributed by atoms with Crippen LogP contribution in [-0.2, 0) is 32.6 Å². The van der Waals surface area contributed by atoms with Crippen molar-refractivity contribution >= 4 is 33.7 Å². The van der Waals surface area contributed by atoms with Crippen molar-refractivity contribution in [3.63, 3.8) is 0 Å². The van der Waals surface area contributed by atoms with Gasteiger partial charge in [-0.1, -0.05) is 38.5 Å². The van der Waals surface area contributed by atoms with Gasteiger partial charge in [-0.15, -0.1) is 0 Å². The predicted octanol–water partition coefficient (Wildman–Crippen LogP) is 8.11. The number of rotatable bonds is 17. The summed E-state index contributed by atoms with van der Waals surface area (Å²) < 4.78 is 26.5. The van der Waals surface area contributed by atoms with Crippen LogP contribution in [0.4, 0.5) is 11.4 Å². The highest BCUT2D eigenvalue weighted by Gasteiger charge is 2.18. The maximum absolute atomic E-state index is 13.2. The van der Waals surface area contributed by atoms with Crippen LogP contribution in [0.2, 0.25) is 0 Å². The highest BCUT2D eigenvalue weighted by Crippen LogP contribution is 2.34. The van der Waals surface area contributed by atoms with Gasteiger partial charge in [-0.05, 0) is 97.8 Å². The molecule has 1 amide bonds. The second kappa shape index (κ2) is 17.8. The topological polar surface area (TPSA) is 85.7 Å². The van der Waals surface area contributed by atoms with Crippen LogP contribution in [0.15, 0.2) is 90.2 Å². The molecular formula is C39H48N4O4S. The van der Waals surface area contributed by atoms with Crippen molar-refractivity contribution in [2.24, 2.45) is 0 Å². The molecule has 1 fully saturated rings. The minimum absolute atomic E-state index is 0.206. The van der Waals surface area contributed by atoms with Crippen LogP contribution in [0.3, 0.4) is 0 Å². The van der Waals surface area contributed by atoms with Crippen LogP contribution in [-0.4, -0.2) is 52.6 Å². The summed E-state index contributed by atoms with van der Waals surface area (Å²) >= 11 is 0. The van der Waals surface area contributed by atoms with Gasteiger partial charge in [0.1, 0.15) is 12.4 Å². The largest absolute Gasteiger partial charge is 0.491 e. The lowest BCUT2D eigenvalue weighted by Gasteiger charge is -2.23. The van der Waals surface area contributed by atoms with Gasteiger partial charge < -0.3 is 24.3 Å². The van der Waals surface area contributed by atoms with Crippen molar-refractivity contribution in [3.05, 3.63) is 96.6 Å². The summed E-state index contributed by atoms with van der Waals surface area (Å²) in [5.74, 6) is 1.01. The number of benzene rings is 3. The third-order valence-corrected chi connectivity index (χ3v) is 9.82. The number of amides is 1. The molecule has 1 aliphatic heterocycles. The first-order valence-corrected chi connectivity index (χ1v) is 18.4. The fraction of sp³-hybridized carbons (Fsp3) is 0.385. The summed E-state index contributed by atoms with van der Waals surface area (Å²) in [6.45, 7) is 11.0. The molecule has 0 saturated carbocycles. The van der Waals surface area contributed by atoms with E-state index in [4.69, 9.17) is 9.47 Å². The maximum Gasteiger partial charge on any atom is 0.248 e. The number of nitrogens with one attached hydrogen (secondary N) is 1. The molecule has 1 N–H and O–H groups in total. The Kier molecular flexibility index (Phi) is 13.0. The van der Waals surface area contributed by atoms with Crippen LogP contribution in [0.5, 0.6) is 5.75 Å². The van der Waals surface area contributed by atoms with E-state index < -0.39 is 10.8 Å². The van der Waals surface area contributed by atoms with Gasteiger partial charge >= 0.3 is 0 Å². The lowest BCUT2D eigenvalue weighted by atomic mass is 9.97. The summed E-state index contributed by atoms with van der Waals surface area (Å²) in [7, 11) is -1.21. The average Bonchev–Trinajstić information content (AvgIpc) is 3.80. The molecule has 5 rings (SSSR count). The van der Waals surface area contributed by atoms with Crippen molar-refractivity contribution < 1.29 is 18.5 Å². The van der Waals surface area contributed by atoms with E-state index in [1.165, 1.54) is 12.8 Å². The molecule has 4 aromatic rings. The first-order chi connectivity index (χ1) is 23.4. The number of hydrogen-bond donors (Lipinski definition) is 1. The smallest absolute Gasteiger partial charge is 0.248 e. The number of unbranched alkanes of at least 4 members (excludes halogenated alkanes) is 1. The molecule has 0 spiro atoms. The van der Waals surface area contributed by atoms with Crippen molar-refractivity contribution in [2.45, 2.75) is 70.1 Å². The second-order valence-electron chi connectivity index (χ2n) is 12.2. The number of aromatic nitrogens is 2. The number of carbonyl (C=O) groups excluding carboxylic acids is 1. The molecule has 1 atom stereocenters. The van der Waals surface area contributed by atoms with Gasteiger partial charge in [0.25, 0.3) is 0 Å². The molecule has 1 aromatic heterocycles. The van der Waals surface area contributed by atoms with Gasteiger partial charge in [0.15, 0.2) is 0 Å². The summed E-state index contributed by atoms with van der Waals surface area (Å²) in [6.07, 6.45) is 10.7. The van der Waals surface area contributed by atoms with Gasteiger partial charge in [0.2, 0.25) is 5.91 Å². The summed E-state index contributed by atoms with van der Waals surface area (Å²) in [5.41, 5.74) is 6.85. The Morgan fingerprint density at radius 3 is 2.42 bits per heavy atom. The van der Waals surface area contributed by atoms with E-state index in [1.807, 2.05) is 35.8 Å². The first-order valence-electron chi connectivity index (χ1n) is 17.1. The number of imidazole rings is 1. The normalized spacial score (nSPS) is 13.9. The Hall–Kier alpha value is -4.21. The van der Waals surface area contributed by atoms with Crippen LogP contribution in [0, 0.1) is 0 Å². The molecule has 8 nitrogen and oxygen atoms in total. The lowest BCUT2D eigenvalue weighted by Crippen LogP contribution is -2.19. The number of allylic oxidation sites excluding steroid dienone is 1. The molecule has 0 aliphatic carbocycles. The van der Waals surface area contributed by atoms with Gasteiger partial charge in [-0.25, -0.2) is 4.98 Å². The van der Waals surface area contributed by atoms with E-state index in [0.29, 0.717) is 29.5 Å². The predicted molar refractivity (Wildman–Crippen MR) is 196 cm³/mol. The molecular weight excluding hydrogens is 621 g/mol. The van der Waals surface area contributed by atoms with Crippen LogP contribution in [0.1, 0.15) is 64.1 Å². The van der Waals surface area contributed by atoms with E-state index in [-0.39, 0.29) is 5.91 Å². The third kappa shape index (κ3) is 9.67. The van der Waals surface area contributed by atoms with Gasteiger partial charge in [-0.3, -0.25) is 9.00 Å². The summed E-state index contributed by atoms with van der Waals surface area (Å²) in [4.78, 5) is 20.5. The maximum atomic E-state index is 13.2. The minimum atomic E-state index is -1.21. The van der Waals surface area contributed by atoms with E-state index in [9.17, 15) is 9.00 Å². The number of carbonyl (C=O) groups is 1. The zero-order valence-corrected chi connectivity index (χ0v) is 29.3. The molecule has 1 unspecified atom stereocenters. The first kappa shape index (κ1) is 35.1. The molecule has 2 heterocycles. The van der Waals surface area contributed by atoms with Crippen LogP contribution >= 0.6 is 0 Å². The number of aryl methyl sites for hydroxylation is 1. The van der Waals surface area contributed by atoms with Crippen molar-refractivity contribution in [3.8, 4) is 16.9 Å². The van der Waals surface area contributed by atoms with Crippen molar-refractivity contribution in [1.29, 1.82) is 0 Å². The summed E-state index contributed by atoms with van der Waals surface area (Å²) in [5, 5.41) is 2.99. The van der Waals surface area contributed by atoms with Crippen LogP contribution < -0.4 is 15.0 Å². The van der Waals surface area contributed by atoms with Crippen molar-refractivity contribution in [1.82, 2.24) is 9.55 Å². The van der Waals surface area contributed by atoms with Crippen molar-refractivity contribution in [2.75, 3.05) is 43.1 Å². The molecule has 3 aromatic carbocycles.